The van der Waals surface area contributed by atoms with E-state index in [1.54, 1.807) is 0 Å². The molecule has 0 aliphatic heterocycles. The van der Waals surface area contributed by atoms with E-state index >= 15 is 0 Å². The molecule has 0 aliphatic rings. The standard InChI is InChI=1S/C14H20N4/c1-11(9-18-7-6-17-10-18)2-3-12-4-5-13(15)14(16)8-12/h4-8,10-11H,2-3,9,15-16H2,1H3. The largest absolute Gasteiger partial charge is 0.397 e. The maximum atomic E-state index is 5.80. The van der Waals surface area contributed by atoms with E-state index in [-0.39, 0.29) is 0 Å². The first-order valence-corrected chi connectivity index (χ1v) is 6.25. The second-order valence-corrected chi connectivity index (χ2v) is 4.87. The van der Waals surface area contributed by atoms with Crippen molar-refractivity contribution in [1.82, 2.24) is 9.55 Å². The van der Waals surface area contributed by atoms with Gasteiger partial charge in [0.25, 0.3) is 0 Å². The van der Waals surface area contributed by atoms with E-state index in [1.807, 2.05) is 30.9 Å². The van der Waals surface area contributed by atoms with Gasteiger partial charge in [0.2, 0.25) is 0 Å². The number of nitrogen functional groups attached to an aromatic ring is 2. The Hall–Kier alpha value is -1.97. The number of imidazole rings is 1. The highest BCUT2D eigenvalue weighted by molar-refractivity contribution is 5.63. The van der Waals surface area contributed by atoms with Crippen molar-refractivity contribution >= 4 is 11.4 Å². The average Bonchev–Trinajstić information content (AvgIpc) is 2.83. The summed E-state index contributed by atoms with van der Waals surface area (Å²) in [4.78, 5) is 4.05. The summed E-state index contributed by atoms with van der Waals surface area (Å²) in [6.07, 6.45) is 7.82. The molecule has 4 heteroatoms. The predicted molar refractivity (Wildman–Crippen MR) is 75.0 cm³/mol. The van der Waals surface area contributed by atoms with E-state index in [2.05, 4.69) is 22.5 Å². The van der Waals surface area contributed by atoms with Crippen molar-refractivity contribution < 1.29 is 0 Å². The maximum absolute atomic E-state index is 5.80. The zero-order valence-corrected chi connectivity index (χ0v) is 10.7. The van der Waals surface area contributed by atoms with Crippen molar-refractivity contribution in [2.24, 2.45) is 5.92 Å². The molecular weight excluding hydrogens is 224 g/mol. The number of nitrogens with zero attached hydrogens (tertiary/aromatic N) is 2. The Kier molecular flexibility index (Phi) is 3.87. The Morgan fingerprint density at radius 1 is 1.28 bits per heavy atom. The van der Waals surface area contributed by atoms with Crippen LogP contribution in [0.3, 0.4) is 0 Å². The molecule has 0 saturated carbocycles. The van der Waals surface area contributed by atoms with Gasteiger partial charge in [-0.2, -0.15) is 0 Å². The lowest BCUT2D eigenvalue weighted by atomic mass is 10.0. The summed E-state index contributed by atoms with van der Waals surface area (Å²) in [5.41, 5.74) is 14.1. The van der Waals surface area contributed by atoms with Gasteiger partial charge in [-0.25, -0.2) is 4.98 Å². The molecule has 1 aromatic heterocycles. The fraction of sp³-hybridized carbons (Fsp3) is 0.357. The first kappa shape index (κ1) is 12.5. The van der Waals surface area contributed by atoms with E-state index in [0.29, 0.717) is 17.3 Å². The number of rotatable bonds is 5. The van der Waals surface area contributed by atoms with Gasteiger partial charge < -0.3 is 16.0 Å². The van der Waals surface area contributed by atoms with E-state index in [9.17, 15) is 0 Å². The summed E-state index contributed by atoms with van der Waals surface area (Å²) in [5.74, 6) is 0.609. The summed E-state index contributed by atoms with van der Waals surface area (Å²) < 4.78 is 2.11. The van der Waals surface area contributed by atoms with Crippen molar-refractivity contribution in [3.8, 4) is 0 Å². The van der Waals surface area contributed by atoms with Crippen LogP contribution in [0.25, 0.3) is 0 Å². The summed E-state index contributed by atoms with van der Waals surface area (Å²) in [6, 6.07) is 5.90. The molecule has 18 heavy (non-hydrogen) atoms. The molecule has 0 spiro atoms. The second kappa shape index (κ2) is 5.58. The zero-order chi connectivity index (χ0) is 13.0. The molecule has 4 N–H and O–H groups in total. The SMILES string of the molecule is CC(CCc1ccc(N)c(N)c1)Cn1ccnc1. The fourth-order valence-electron chi connectivity index (χ4n) is 2.04. The van der Waals surface area contributed by atoms with Crippen molar-refractivity contribution in [2.45, 2.75) is 26.3 Å². The monoisotopic (exact) mass is 244 g/mol. The van der Waals surface area contributed by atoms with E-state index in [1.165, 1.54) is 5.56 Å². The lowest BCUT2D eigenvalue weighted by Crippen LogP contribution is -2.07. The van der Waals surface area contributed by atoms with Crippen LogP contribution in [0.4, 0.5) is 11.4 Å². The lowest BCUT2D eigenvalue weighted by molar-refractivity contribution is 0.450. The smallest absolute Gasteiger partial charge is 0.0945 e. The summed E-state index contributed by atoms with van der Waals surface area (Å²) in [7, 11) is 0. The number of hydrogen-bond acceptors (Lipinski definition) is 3. The minimum Gasteiger partial charge on any atom is -0.397 e. The Morgan fingerprint density at radius 3 is 2.78 bits per heavy atom. The van der Waals surface area contributed by atoms with Crippen LogP contribution in [0.15, 0.2) is 36.9 Å². The Morgan fingerprint density at radius 2 is 2.11 bits per heavy atom. The minimum atomic E-state index is 0.609. The molecule has 2 rings (SSSR count). The van der Waals surface area contributed by atoms with Crippen LogP contribution in [-0.2, 0) is 13.0 Å². The van der Waals surface area contributed by atoms with Crippen molar-refractivity contribution in [3.05, 3.63) is 42.5 Å². The van der Waals surface area contributed by atoms with Gasteiger partial charge in [0.05, 0.1) is 17.7 Å². The molecule has 0 fully saturated rings. The molecule has 0 radical (unpaired) electrons. The number of nitrogens with two attached hydrogens (primary N) is 2. The third-order valence-electron chi connectivity index (χ3n) is 3.16. The number of aryl methyl sites for hydroxylation is 1. The molecule has 1 atom stereocenters. The molecular formula is C14H20N4. The van der Waals surface area contributed by atoms with Crippen LogP contribution >= 0.6 is 0 Å². The van der Waals surface area contributed by atoms with Crippen LogP contribution in [0.2, 0.25) is 0 Å². The van der Waals surface area contributed by atoms with Crippen molar-refractivity contribution in [2.75, 3.05) is 11.5 Å². The number of aromatic nitrogens is 2. The summed E-state index contributed by atoms with van der Waals surface area (Å²) in [5, 5.41) is 0. The van der Waals surface area contributed by atoms with Gasteiger partial charge in [-0.15, -0.1) is 0 Å². The van der Waals surface area contributed by atoms with E-state index < -0.39 is 0 Å². The molecule has 4 nitrogen and oxygen atoms in total. The number of benzene rings is 1. The molecule has 0 amide bonds. The average molecular weight is 244 g/mol. The fourth-order valence-corrected chi connectivity index (χ4v) is 2.04. The zero-order valence-electron chi connectivity index (χ0n) is 10.7. The quantitative estimate of drug-likeness (QED) is 0.793. The van der Waals surface area contributed by atoms with Crippen LogP contribution in [-0.4, -0.2) is 9.55 Å². The molecule has 2 aromatic rings. The van der Waals surface area contributed by atoms with Gasteiger partial charge in [-0.3, -0.25) is 0 Å². The Balaban J connectivity index is 1.85. The molecule has 1 aromatic carbocycles. The molecule has 1 heterocycles. The number of hydrogen-bond donors (Lipinski definition) is 2. The van der Waals surface area contributed by atoms with Gasteiger partial charge >= 0.3 is 0 Å². The first-order chi connectivity index (χ1) is 8.65. The maximum Gasteiger partial charge on any atom is 0.0945 e. The van der Waals surface area contributed by atoms with Gasteiger partial charge in [0, 0.05) is 18.9 Å². The molecule has 0 saturated heterocycles. The van der Waals surface area contributed by atoms with Crippen LogP contribution in [0.5, 0.6) is 0 Å². The van der Waals surface area contributed by atoms with Gasteiger partial charge in [-0.1, -0.05) is 13.0 Å². The van der Waals surface area contributed by atoms with E-state index in [0.717, 1.165) is 19.4 Å². The normalized spacial score (nSPS) is 12.5. The molecule has 0 bridgehead atoms. The van der Waals surface area contributed by atoms with Gasteiger partial charge in [0.1, 0.15) is 0 Å². The Bertz CT molecular complexity index is 491. The molecule has 96 valence electrons. The first-order valence-electron chi connectivity index (χ1n) is 6.25. The highest BCUT2D eigenvalue weighted by Crippen LogP contribution is 2.18. The van der Waals surface area contributed by atoms with Crippen LogP contribution in [0.1, 0.15) is 18.9 Å². The van der Waals surface area contributed by atoms with Crippen LogP contribution < -0.4 is 11.5 Å². The van der Waals surface area contributed by atoms with Gasteiger partial charge in [0.15, 0.2) is 0 Å². The highest BCUT2D eigenvalue weighted by Gasteiger charge is 2.04. The van der Waals surface area contributed by atoms with Crippen molar-refractivity contribution in [3.63, 3.8) is 0 Å². The second-order valence-electron chi connectivity index (χ2n) is 4.87. The third-order valence-corrected chi connectivity index (χ3v) is 3.16. The summed E-state index contributed by atoms with van der Waals surface area (Å²) in [6.45, 7) is 3.26. The minimum absolute atomic E-state index is 0.609. The van der Waals surface area contributed by atoms with E-state index in [4.69, 9.17) is 11.5 Å². The topological polar surface area (TPSA) is 69.9 Å². The summed E-state index contributed by atoms with van der Waals surface area (Å²) >= 11 is 0. The molecule has 1 unspecified atom stereocenters. The predicted octanol–water partition coefficient (Wildman–Crippen LogP) is 2.32. The molecule has 0 aliphatic carbocycles. The van der Waals surface area contributed by atoms with Gasteiger partial charge in [-0.05, 0) is 36.5 Å². The highest BCUT2D eigenvalue weighted by atomic mass is 15.0. The van der Waals surface area contributed by atoms with Crippen molar-refractivity contribution in [1.29, 1.82) is 0 Å². The Labute approximate surface area is 108 Å². The number of anilines is 2. The third kappa shape index (κ3) is 3.26. The lowest BCUT2D eigenvalue weighted by Gasteiger charge is -2.12. The van der Waals surface area contributed by atoms with Crippen LogP contribution in [0, 0.1) is 5.92 Å².